The van der Waals surface area contributed by atoms with Gasteiger partial charge in [0.15, 0.2) is 11.5 Å². The second-order valence-corrected chi connectivity index (χ2v) is 7.19. The number of hydrogen-bond acceptors (Lipinski definition) is 4. The number of aromatic hydroxyl groups is 1. The van der Waals surface area contributed by atoms with Gasteiger partial charge in [0.2, 0.25) is 0 Å². The van der Waals surface area contributed by atoms with Crippen molar-refractivity contribution in [2.24, 2.45) is 5.41 Å². The van der Waals surface area contributed by atoms with Gasteiger partial charge in [-0.1, -0.05) is 46.2 Å². The van der Waals surface area contributed by atoms with E-state index in [0.29, 0.717) is 12.1 Å². The molecule has 1 aromatic rings. The normalized spacial score (nSPS) is 18.4. The van der Waals surface area contributed by atoms with Crippen molar-refractivity contribution >= 4 is 11.7 Å². The predicted molar refractivity (Wildman–Crippen MR) is 91.6 cm³/mol. The highest BCUT2D eigenvalue weighted by Crippen LogP contribution is 2.41. The molecule has 0 radical (unpaired) electrons. The lowest BCUT2D eigenvalue weighted by molar-refractivity contribution is -0.129. The second kappa shape index (κ2) is 6.67. The van der Waals surface area contributed by atoms with Gasteiger partial charge in [-0.15, -0.1) is 0 Å². The Hall–Kier alpha value is -2.30. The number of rotatable bonds is 5. The minimum absolute atomic E-state index is 0.111. The Morgan fingerprint density at radius 3 is 2.25 bits per heavy atom. The molecule has 1 aliphatic rings. The van der Waals surface area contributed by atoms with E-state index >= 15 is 0 Å². The van der Waals surface area contributed by atoms with Gasteiger partial charge in [-0.3, -0.25) is 9.59 Å². The monoisotopic (exact) mass is 331 g/mol. The van der Waals surface area contributed by atoms with Crippen LogP contribution in [0.2, 0.25) is 0 Å². The van der Waals surface area contributed by atoms with Crippen molar-refractivity contribution in [2.75, 3.05) is 6.54 Å². The van der Waals surface area contributed by atoms with Crippen molar-refractivity contribution in [3.8, 4) is 5.75 Å². The maximum atomic E-state index is 12.8. The van der Waals surface area contributed by atoms with Crippen LogP contribution in [0.4, 0.5) is 0 Å². The van der Waals surface area contributed by atoms with Crippen LogP contribution in [0, 0.1) is 5.41 Å². The molecule has 5 heteroatoms. The lowest BCUT2D eigenvalue weighted by Gasteiger charge is -2.28. The first kappa shape index (κ1) is 18.0. The molecule has 0 aliphatic carbocycles. The van der Waals surface area contributed by atoms with E-state index < -0.39 is 23.1 Å². The summed E-state index contributed by atoms with van der Waals surface area (Å²) in [7, 11) is 0. The highest BCUT2D eigenvalue weighted by Gasteiger charge is 2.45. The molecule has 2 N–H and O–H groups in total. The fourth-order valence-electron chi connectivity index (χ4n) is 2.85. The van der Waals surface area contributed by atoms with Crippen LogP contribution in [0.5, 0.6) is 5.75 Å². The molecule has 24 heavy (non-hydrogen) atoms. The summed E-state index contributed by atoms with van der Waals surface area (Å²) in [5, 5.41) is 19.9. The van der Waals surface area contributed by atoms with Gasteiger partial charge in [-0.05, 0) is 24.1 Å². The molecule has 1 amide bonds. The number of amides is 1. The molecular weight excluding hydrogens is 306 g/mol. The van der Waals surface area contributed by atoms with Gasteiger partial charge >= 0.3 is 0 Å². The van der Waals surface area contributed by atoms with Crippen molar-refractivity contribution < 1.29 is 19.8 Å². The predicted octanol–water partition coefficient (Wildman–Crippen LogP) is 3.50. The second-order valence-electron chi connectivity index (χ2n) is 7.19. The third-order valence-electron chi connectivity index (χ3n) is 4.19. The Kier molecular flexibility index (Phi) is 5.02. The minimum atomic E-state index is -0.709. The molecular formula is C19H25NO4. The van der Waals surface area contributed by atoms with E-state index in [9.17, 15) is 19.8 Å². The molecule has 0 fully saturated rings. The summed E-state index contributed by atoms with van der Waals surface area (Å²) < 4.78 is 0. The number of nitrogens with zero attached hydrogens (tertiary/aromatic N) is 1. The number of Topliss-reactive ketones (excluding diaryl/α,β-unsaturated/α-hetero) is 1. The van der Waals surface area contributed by atoms with Crippen LogP contribution in [0.25, 0.3) is 0 Å². The molecule has 1 aliphatic heterocycles. The van der Waals surface area contributed by atoms with Crippen LogP contribution >= 0.6 is 0 Å². The van der Waals surface area contributed by atoms with Crippen LogP contribution in [0.1, 0.15) is 52.1 Å². The summed E-state index contributed by atoms with van der Waals surface area (Å²) in [6.07, 6.45) is 1.68. The number of phenols is 1. The zero-order valence-corrected chi connectivity index (χ0v) is 14.7. The van der Waals surface area contributed by atoms with Gasteiger partial charge in [0, 0.05) is 12.0 Å². The van der Waals surface area contributed by atoms with Gasteiger partial charge in [-0.2, -0.15) is 0 Å². The van der Waals surface area contributed by atoms with Crippen molar-refractivity contribution in [2.45, 2.75) is 46.6 Å². The molecule has 0 saturated heterocycles. The highest BCUT2D eigenvalue weighted by molar-refractivity contribution is 6.10. The van der Waals surface area contributed by atoms with Crippen molar-refractivity contribution in [1.82, 2.24) is 4.90 Å². The van der Waals surface area contributed by atoms with Crippen molar-refractivity contribution in [3.05, 3.63) is 41.2 Å². The lowest BCUT2D eigenvalue weighted by Crippen LogP contribution is -2.33. The first-order valence-corrected chi connectivity index (χ1v) is 8.26. The Labute approximate surface area is 142 Å². The molecule has 0 spiro atoms. The van der Waals surface area contributed by atoms with E-state index in [1.807, 2.05) is 6.92 Å². The maximum Gasteiger partial charge on any atom is 0.290 e. The molecule has 1 unspecified atom stereocenters. The third-order valence-corrected chi connectivity index (χ3v) is 4.19. The van der Waals surface area contributed by atoms with Crippen LogP contribution in [-0.2, 0) is 9.59 Å². The number of carbonyl (C=O) groups excluding carboxylic acids is 2. The SMILES string of the molecule is CCCCN1C(=O)C(O)=C(C(=O)C(C)(C)C)C1c1ccc(O)cc1. The summed E-state index contributed by atoms with van der Waals surface area (Å²) in [5.41, 5.74) is 0.141. The van der Waals surface area contributed by atoms with E-state index in [4.69, 9.17) is 0 Å². The van der Waals surface area contributed by atoms with Crippen LogP contribution < -0.4 is 0 Å². The first-order chi connectivity index (χ1) is 11.2. The zero-order chi connectivity index (χ0) is 18.1. The van der Waals surface area contributed by atoms with E-state index in [0.717, 1.165) is 12.8 Å². The standard InChI is InChI=1S/C19H25NO4/c1-5-6-11-20-15(12-7-9-13(21)10-8-12)14(16(22)18(20)24)17(23)19(2,3)4/h7-10,15,21-22H,5-6,11H2,1-4H3. The van der Waals surface area contributed by atoms with Crippen LogP contribution in [0.3, 0.4) is 0 Å². The van der Waals surface area contributed by atoms with Gasteiger partial charge in [-0.25, -0.2) is 0 Å². The minimum Gasteiger partial charge on any atom is -0.508 e. The molecule has 1 heterocycles. The fourth-order valence-corrected chi connectivity index (χ4v) is 2.85. The van der Waals surface area contributed by atoms with Crippen LogP contribution in [-0.4, -0.2) is 33.3 Å². The summed E-state index contributed by atoms with van der Waals surface area (Å²) in [4.78, 5) is 26.9. The van der Waals surface area contributed by atoms with E-state index in [1.165, 1.54) is 12.1 Å². The number of carbonyl (C=O) groups is 2. The van der Waals surface area contributed by atoms with E-state index in [1.54, 1.807) is 37.8 Å². The number of unbranched alkanes of at least 4 members (excludes halogenated alkanes) is 1. The van der Waals surface area contributed by atoms with E-state index in [-0.39, 0.29) is 17.1 Å². The summed E-state index contributed by atoms with van der Waals surface area (Å²) in [5.74, 6) is -1.09. The number of benzene rings is 1. The number of hydrogen-bond donors (Lipinski definition) is 2. The molecule has 2 rings (SSSR count). The number of ketones is 1. The number of phenolic OH excluding ortho intramolecular Hbond substituents is 1. The van der Waals surface area contributed by atoms with Gasteiger partial charge in [0.25, 0.3) is 5.91 Å². The van der Waals surface area contributed by atoms with E-state index in [2.05, 4.69) is 0 Å². The average molecular weight is 331 g/mol. The van der Waals surface area contributed by atoms with Crippen molar-refractivity contribution in [3.63, 3.8) is 0 Å². The molecule has 130 valence electrons. The van der Waals surface area contributed by atoms with Crippen LogP contribution in [0.15, 0.2) is 35.6 Å². The zero-order valence-electron chi connectivity index (χ0n) is 14.7. The number of aliphatic hydroxyl groups is 1. The Bertz CT molecular complexity index is 668. The smallest absolute Gasteiger partial charge is 0.290 e. The van der Waals surface area contributed by atoms with Gasteiger partial charge in [0.1, 0.15) is 5.75 Å². The highest BCUT2D eigenvalue weighted by atomic mass is 16.3. The Morgan fingerprint density at radius 1 is 1.17 bits per heavy atom. The fraction of sp³-hybridized carbons (Fsp3) is 0.474. The summed E-state index contributed by atoms with van der Waals surface area (Å²) in [6, 6.07) is 5.79. The molecule has 0 aromatic heterocycles. The summed E-state index contributed by atoms with van der Waals surface area (Å²) in [6.45, 7) is 7.78. The largest absolute Gasteiger partial charge is 0.508 e. The summed E-state index contributed by atoms with van der Waals surface area (Å²) >= 11 is 0. The molecule has 0 saturated carbocycles. The number of aliphatic hydroxyl groups excluding tert-OH is 1. The Balaban J connectivity index is 2.53. The molecule has 5 nitrogen and oxygen atoms in total. The van der Waals surface area contributed by atoms with Gasteiger partial charge < -0.3 is 15.1 Å². The van der Waals surface area contributed by atoms with Gasteiger partial charge in [0.05, 0.1) is 11.6 Å². The van der Waals surface area contributed by atoms with Crippen molar-refractivity contribution in [1.29, 1.82) is 0 Å². The molecule has 1 atom stereocenters. The molecule has 1 aromatic carbocycles. The maximum absolute atomic E-state index is 12.8. The first-order valence-electron chi connectivity index (χ1n) is 8.26. The molecule has 0 bridgehead atoms. The quantitative estimate of drug-likeness (QED) is 0.865. The topological polar surface area (TPSA) is 77.8 Å². The third kappa shape index (κ3) is 3.30. The average Bonchev–Trinajstić information content (AvgIpc) is 2.76. The Morgan fingerprint density at radius 2 is 1.75 bits per heavy atom. The lowest BCUT2D eigenvalue weighted by atomic mass is 9.82.